The molecule has 0 N–H and O–H groups in total. The van der Waals surface area contributed by atoms with Crippen LogP contribution in [0.1, 0.15) is 0 Å². The molecule has 0 aromatic heterocycles. The largest absolute Gasteiger partial charge is 0.495 e. The number of benzene rings is 1. The van der Waals surface area contributed by atoms with Crippen LogP contribution >= 0.6 is 15.9 Å². The van der Waals surface area contributed by atoms with Gasteiger partial charge in [-0.05, 0) is 18.2 Å². The van der Waals surface area contributed by atoms with E-state index in [1.54, 1.807) is 18.2 Å². The topological polar surface area (TPSA) is 46.6 Å². The van der Waals surface area contributed by atoms with E-state index in [9.17, 15) is 9.59 Å². The van der Waals surface area contributed by atoms with Gasteiger partial charge in [-0.1, -0.05) is 15.9 Å². The van der Waals surface area contributed by atoms with E-state index in [1.807, 2.05) is 0 Å². The Balaban J connectivity index is 2.51. The number of methoxy groups -OCH3 is 1. The Labute approximate surface area is 101 Å². The third-order valence-corrected chi connectivity index (χ3v) is 2.68. The molecule has 1 aliphatic heterocycles. The predicted molar refractivity (Wildman–Crippen MR) is 62.3 cm³/mol. The lowest BCUT2D eigenvalue weighted by molar-refractivity contribution is -0.120. The van der Waals surface area contributed by atoms with Gasteiger partial charge in [0.2, 0.25) is 0 Å². The summed E-state index contributed by atoms with van der Waals surface area (Å²) in [7, 11) is 1.49. The van der Waals surface area contributed by atoms with Crippen LogP contribution in [0.5, 0.6) is 5.75 Å². The summed E-state index contributed by atoms with van der Waals surface area (Å²) in [5, 5.41) is 0. The molecule has 2 amide bonds. The molecular weight excluding hydrogens is 274 g/mol. The molecule has 0 spiro atoms. The third kappa shape index (κ3) is 1.74. The molecule has 0 saturated carbocycles. The van der Waals surface area contributed by atoms with Crippen molar-refractivity contribution in [1.82, 2.24) is 0 Å². The van der Waals surface area contributed by atoms with Crippen LogP contribution in [0.15, 0.2) is 34.8 Å². The smallest absolute Gasteiger partial charge is 0.258 e. The molecule has 2 rings (SSSR count). The van der Waals surface area contributed by atoms with Gasteiger partial charge in [-0.15, -0.1) is 0 Å². The van der Waals surface area contributed by atoms with Gasteiger partial charge in [0.15, 0.2) is 0 Å². The van der Waals surface area contributed by atoms with Gasteiger partial charge < -0.3 is 4.74 Å². The third-order valence-electron chi connectivity index (χ3n) is 2.19. The zero-order chi connectivity index (χ0) is 11.7. The average molecular weight is 282 g/mol. The number of carbonyl (C=O) groups excluding carboxylic acids is 2. The Hall–Kier alpha value is -1.62. The fourth-order valence-electron chi connectivity index (χ4n) is 1.48. The molecule has 82 valence electrons. The Morgan fingerprint density at radius 1 is 1.19 bits per heavy atom. The normalized spacial score (nSPS) is 14.8. The molecule has 5 heteroatoms. The second-order valence-corrected chi connectivity index (χ2v) is 4.08. The first-order valence-corrected chi connectivity index (χ1v) is 5.32. The summed E-state index contributed by atoms with van der Waals surface area (Å²) < 4.78 is 5.89. The number of imide groups is 1. The molecule has 1 aliphatic rings. The van der Waals surface area contributed by atoms with Crippen LogP contribution in [0.4, 0.5) is 5.69 Å². The highest BCUT2D eigenvalue weighted by atomic mass is 79.9. The van der Waals surface area contributed by atoms with E-state index in [4.69, 9.17) is 4.74 Å². The van der Waals surface area contributed by atoms with Crippen LogP contribution in [0.2, 0.25) is 0 Å². The van der Waals surface area contributed by atoms with Gasteiger partial charge in [0.05, 0.1) is 12.8 Å². The van der Waals surface area contributed by atoms with Gasteiger partial charge in [-0.25, -0.2) is 4.90 Å². The van der Waals surface area contributed by atoms with Crippen molar-refractivity contribution in [2.45, 2.75) is 0 Å². The number of hydrogen-bond donors (Lipinski definition) is 0. The van der Waals surface area contributed by atoms with Gasteiger partial charge >= 0.3 is 0 Å². The lowest BCUT2D eigenvalue weighted by Crippen LogP contribution is -2.29. The first-order chi connectivity index (χ1) is 7.63. The van der Waals surface area contributed by atoms with Crippen LogP contribution < -0.4 is 9.64 Å². The molecule has 0 radical (unpaired) electrons. The molecular formula is C11H8BrNO3. The Morgan fingerprint density at radius 3 is 2.38 bits per heavy atom. The molecule has 0 aliphatic carbocycles. The molecule has 0 fully saturated rings. The summed E-state index contributed by atoms with van der Waals surface area (Å²) in [6, 6.07) is 5.14. The minimum atomic E-state index is -0.360. The van der Waals surface area contributed by atoms with Gasteiger partial charge in [0.25, 0.3) is 11.8 Å². The average Bonchev–Trinajstić information content (AvgIpc) is 2.58. The van der Waals surface area contributed by atoms with Crippen molar-refractivity contribution in [2.75, 3.05) is 12.0 Å². The standard InChI is InChI=1S/C11H8BrNO3/c1-16-9-3-2-7(12)6-8(9)13-10(14)4-5-11(13)15/h2-6H,1H3. The monoisotopic (exact) mass is 281 g/mol. The number of rotatable bonds is 2. The van der Waals surface area contributed by atoms with E-state index in [0.29, 0.717) is 11.4 Å². The molecule has 0 atom stereocenters. The van der Waals surface area contributed by atoms with Crippen LogP contribution in [-0.4, -0.2) is 18.9 Å². The van der Waals surface area contributed by atoms with Crippen LogP contribution in [0, 0.1) is 0 Å². The fraction of sp³-hybridized carbons (Fsp3) is 0.0909. The Kier molecular flexibility index (Phi) is 2.78. The number of halogens is 1. The zero-order valence-electron chi connectivity index (χ0n) is 8.44. The van der Waals surface area contributed by atoms with Crippen LogP contribution in [-0.2, 0) is 9.59 Å². The van der Waals surface area contributed by atoms with Crippen LogP contribution in [0.3, 0.4) is 0 Å². The van der Waals surface area contributed by atoms with Crippen molar-refractivity contribution in [1.29, 1.82) is 0 Å². The fourth-order valence-corrected chi connectivity index (χ4v) is 1.82. The highest BCUT2D eigenvalue weighted by Crippen LogP contribution is 2.32. The van der Waals surface area contributed by atoms with Crippen molar-refractivity contribution in [3.63, 3.8) is 0 Å². The van der Waals surface area contributed by atoms with Crippen molar-refractivity contribution in [3.8, 4) is 5.75 Å². The summed E-state index contributed by atoms with van der Waals surface area (Å²) in [5.41, 5.74) is 0.442. The minimum absolute atomic E-state index is 0.360. The Bertz CT molecular complexity index is 478. The second-order valence-electron chi connectivity index (χ2n) is 3.16. The number of carbonyl (C=O) groups is 2. The van der Waals surface area contributed by atoms with E-state index >= 15 is 0 Å². The molecule has 1 aromatic carbocycles. The first kappa shape index (κ1) is 10.9. The van der Waals surface area contributed by atoms with E-state index < -0.39 is 0 Å². The number of amides is 2. The van der Waals surface area contributed by atoms with Crippen molar-refractivity contribution in [3.05, 3.63) is 34.8 Å². The van der Waals surface area contributed by atoms with E-state index in [2.05, 4.69) is 15.9 Å². The molecule has 1 aromatic rings. The number of nitrogens with zero attached hydrogens (tertiary/aromatic N) is 1. The van der Waals surface area contributed by atoms with E-state index in [-0.39, 0.29) is 11.8 Å². The summed E-state index contributed by atoms with van der Waals surface area (Å²) in [5.74, 6) is -0.239. The molecule has 4 nitrogen and oxygen atoms in total. The predicted octanol–water partition coefficient (Wildman–Crippen LogP) is 1.89. The summed E-state index contributed by atoms with van der Waals surface area (Å²) >= 11 is 3.29. The molecule has 1 heterocycles. The molecule has 0 bridgehead atoms. The van der Waals surface area contributed by atoms with E-state index in [0.717, 1.165) is 9.37 Å². The summed E-state index contributed by atoms with van der Waals surface area (Å²) in [6.45, 7) is 0. The first-order valence-electron chi connectivity index (χ1n) is 4.53. The molecule has 16 heavy (non-hydrogen) atoms. The van der Waals surface area contributed by atoms with Gasteiger partial charge in [-0.2, -0.15) is 0 Å². The van der Waals surface area contributed by atoms with Crippen molar-refractivity contribution >= 4 is 33.4 Å². The summed E-state index contributed by atoms with van der Waals surface area (Å²) in [4.78, 5) is 24.1. The number of ether oxygens (including phenoxy) is 1. The maximum Gasteiger partial charge on any atom is 0.258 e. The number of hydrogen-bond acceptors (Lipinski definition) is 3. The lowest BCUT2D eigenvalue weighted by Gasteiger charge is -2.17. The SMILES string of the molecule is COc1ccc(Br)cc1N1C(=O)C=CC1=O. The maximum absolute atomic E-state index is 11.5. The second kappa shape index (κ2) is 4.09. The van der Waals surface area contributed by atoms with Gasteiger partial charge in [0.1, 0.15) is 5.75 Å². The number of anilines is 1. The van der Waals surface area contributed by atoms with Gasteiger partial charge in [-0.3, -0.25) is 9.59 Å². The lowest BCUT2D eigenvalue weighted by atomic mass is 10.2. The maximum atomic E-state index is 11.5. The highest BCUT2D eigenvalue weighted by molar-refractivity contribution is 9.10. The molecule has 0 unspecified atom stereocenters. The van der Waals surface area contributed by atoms with Crippen LogP contribution in [0.25, 0.3) is 0 Å². The Morgan fingerprint density at radius 2 is 1.81 bits per heavy atom. The summed E-state index contributed by atoms with van der Waals surface area (Å²) in [6.07, 6.45) is 2.48. The quantitative estimate of drug-likeness (QED) is 0.778. The minimum Gasteiger partial charge on any atom is -0.495 e. The van der Waals surface area contributed by atoms with E-state index in [1.165, 1.54) is 19.3 Å². The highest BCUT2D eigenvalue weighted by Gasteiger charge is 2.27. The van der Waals surface area contributed by atoms with Crippen molar-refractivity contribution < 1.29 is 14.3 Å². The van der Waals surface area contributed by atoms with Gasteiger partial charge in [0, 0.05) is 16.6 Å². The zero-order valence-corrected chi connectivity index (χ0v) is 10.0. The van der Waals surface area contributed by atoms with Crippen molar-refractivity contribution in [2.24, 2.45) is 0 Å². The molecule has 0 saturated heterocycles.